The van der Waals surface area contributed by atoms with E-state index in [-0.39, 0.29) is 18.2 Å². The first-order chi connectivity index (χ1) is 8.58. The lowest BCUT2D eigenvalue weighted by Crippen LogP contribution is -2.33. The number of nitrogens with zero attached hydrogens (tertiary/aromatic N) is 1. The fraction of sp³-hybridized carbons (Fsp3) is 0.385. The predicted molar refractivity (Wildman–Crippen MR) is 75.3 cm³/mol. The second kappa shape index (κ2) is 7.16. The van der Waals surface area contributed by atoms with Crippen molar-refractivity contribution in [1.82, 2.24) is 4.90 Å². The number of hydrogen-bond donors (Lipinski definition) is 1. The third-order valence-electron chi connectivity index (χ3n) is 2.58. The number of halogens is 1. The summed E-state index contributed by atoms with van der Waals surface area (Å²) in [5, 5.41) is 2.71. The molecule has 0 heterocycles. The highest BCUT2D eigenvalue weighted by Crippen LogP contribution is 2.21. The molecule has 1 N–H and O–H groups in total. The molecular weight excluding hydrogens is 296 g/mol. The van der Waals surface area contributed by atoms with Crippen LogP contribution in [0.4, 0.5) is 5.69 Å². The highest BCUT2D eigenvalue weighted by atomic mass is 79.9. The summed E-state index contributed by atoms with van der Waals surface area (Å²) in [6, 6.07) is 7.30. The summed E-state index contributed by atoms with van der Waals surface area (Å²) in [5.74, 6) is -0.441. The quantitative estimate of drug-likeness (QED) is 0.850. The van der Waals surface area contributed by atoms with Gasteiger partial charge in [-0.25, -0.2) is 0 Å². The average Bonchev–Trinajstić information content (AvgIpc) is 2.33. The van der Waals surface area contributed by atoms with Crippen LogP contribution in [0.3, 0.4) is 0 Å². The molecule has 0 bridgehead atoms. The molecule has 4 nitrogen and oxygen atoms in total. The SMILES string of the molecule is CCN(CC)C(=O)CC(=O)Nc1ccccc1Br. The van der Waals surface area contributed by atoms with Crippen molar-refractivity contribution in [3.8, 4) is 0 Å². The van der Waals surface area contributed by atoms with Crippen molar-refractivity contribution < 1.29 is 9.59 Å². The van der Waals surface area contributed by atoms with Crippen molar-refractivity contribution in [2.45, 2.75) is 20.3 Å². The third kappa shape index (κ3) is 4.14. The van der Waals surface area contributed by atoms with Gasteiger partial charge in [0.25, 0.3) is 0 Å². The normalized spacial score (nSPS) is 9.94. The topological polar surface area (TPSA) is 49.4 Å². The number of hydrogen-bond acceptors (Lipinski definition) is 2. The Morgan fingerprint density at radius 1 is 1.22 bits per heavy atom. The minimum absolute atomic E-state index is 0.122. The van der Waals surface area contributed by atoms with Gasteiger partial charge in [-0.3, -0.25) is 9.59 Å². The van der Waals surface area contributed by atoms with Gasteiger partial charge in [0, 0.05) is 17.6 Å². The van der Waals surface area contributed by atoms with E-state index in [1.165, 1.54) is 0 Å². The molecule has 98 valence electrons. The molecule has 0 atom stereocenters. The summed E-state index contributed by atoms with van der Waals surface area (Å²) in [4.78, 5) is 25.1. The second-order valence-corrected chi connectivity index (χ2v) is 4.63. The zero-order valence-electron chi connectivity index (χ0n) is 10.6. The Labute approximate surface area is 115 Å². The van der Waals surface area contributed by atoms with Crippen molar-refractivity contribution in [3.05, 3.63) is 28.7 Å². The van der Waals surface area contributed by atoms with Crippen LogP contribution >= 0.6 is 15.9 Å². The molecule has 0 aliphatic heterocycles. The summed E-state index contributed by atoms with van der Waals surface area (Å²) in [5.41, 5.74) is 0.676. The van der Waals surface area contributed by atoms with Crippen molar-refractivity contribution in [3.63, 3.8) is 0 Å². The number of rotatable bonds is 5. The Hall–Kier alpha value is -1.36. The van der Waals surface area contributed by atoms with Crippen LogP contribution in [0.25, 0.3) is 0 Å². The van der Waals surface area contributed by atoms with E-state index < -0.39 is 0 Å². The van der Waals surface area contributed by atoms with Gasteiger partial charge in [-0.2, -0.15) is 0 Å². The third-order valence-corrected chi connectivity index (χ3v) is 3.27. The molecule has 5 heteroatoms. The molecule has 0 aromatic heterocycles. The summed E-state index contributed by atoms with van der Waals surface area (Å²) in [6.07, 6.45) is -0.122. The van der Waals surface area contributed by atoms with Crippen LogP contribution < -0.4 is 5.32 Å². The first-order valence-electron chi connectivity index (χ1n) is 5.90. The monoisotopic (exact) mass is 312 g/mol. The molecule has 0 unspecified atom stereocenters. The maximum atomic E-state index is 11.7. The van der Waals surface area contributed by atoms with Gasteiger partial charge in [-0.05, 0) is 41.9 Å². The number of carbonyl (C=O) groups excluding carboxylic acids is 2. The smallest absolute Gasteiger partial charge is 0.233 e. The Bertz CT molecular complexity index is 431. The van der Waals surface area contributed by atoms with Crippen molar-refractivity contribution in [2.75, 3.05) is 18.4 Å². The zero-order chi connectivity index (χ0) is 13.5. The van der Waals surface area contributed by atoms with Crippen LogP contribution in [0.5, 0.6) is 0 Å². The lowest BCUT2D eigenvalue weighted by Gasteiger charge is -2.18. The Kier molecular flexibility index (Phi) is 5.85. The number of benzene rings is 1. The van der Waals surface area contributed by atoms with Gasteiger partial charge in [-0.15, -0.1) is 0 Å². The minimum Gasteiger partial charge on any atom is -0.343 e. The molecule has 18 heavy (non-hydrogen) atoms. The van der Waals surface area contributed by atoms with Gasteiger partial charge in [0.2, 0.25) is 11.8 Å². The summed E-state index contributed by atoms with van der Waals surface area (Å²) in [6.45, 7) is 5.04. The molecule has 0 fully saturated rings. The van der Waals surface area contributed by atoms with Gasteiger partial charge < -0.3 is 10.2 Å². The fourth-order valence-corrected chi connectivity index (χ4v) is 1.97. The van der Waals surface area contributed by atoms with Crippen molar-refractivity contribution in [1.29, 1.82) is 0 Å². The van der Waals surface area contributed by atoms with E-state index in [0.717, 1.165) is 4.47 Å². The first kappa shape index (κ1) is 14.7. The molecule has 0 saturated carbocycles. The van der Waals surface area contributed by atoms with Crippen LogP contribution in [0.1, 0.15) is 20.3 Å². The van der Waals surface area contributed by atoms with Crippen LogP contribution in [0.15, 0.2) is 28.7 Å². The highest BCUT2D eigenvalue weighted by Gasteiger charge is 2.15. The maximum absolute atomic E-state index is 11.7. The van der Waals surface area contributed by atoms with Crippen molar-refractivity contribution >= 4 is 33.4 Å². The van der Waals surface area contributed by atoms with Gasteiger partial charge in [-0.1, -0.05) is 12.1 Å². The van der Waals surface area contributed by atoms with Crippen molar-refractivity contribution in [2.24, 2.45) is 0 Å². The van der Waals surface area contributed by atoms with Crippen LogP contribution in [-0.4, -0.2) is 29.8 Å². The molecule has 0 spiro atoms. The molecule has 0 aliphatic rings. The van der Waals surface area contributed by atoms with Gasteiger partial charge in [0.15, 0.2) is 0 Å². The van der Waals surface area contributed by atoms with E-state index in [1.807, 2.05) is 32.0 Å². The number of nitrogens with one attached hydrogen (secondary N) is 1. The van der Waals surface area contributed by atoms with E-state index in [0.29, 0.717) is 18.8 Å². The second-order valence-electron chi connectivity index (χ2n) is 3.77. The van der Waals surface area contributed by atoms with Crippen LogP contribution in [0, 0.1) is 0 Å². The van der Waals surface area contributed by atoms with Gasteiger partial charge in [0.05, 0.1) is 5.69 Å². The summed E-state index contributed by atoms with van der Waals surface area (Å²) >= 11 is 3.34. The molecule has 0 aliphatic carbocycles. The molecule has 2 amide bonds. The Balaban J connectivity index is 2.57. The van der Waals surface area contributed by atoms with E-state index in [4.69, 9.17) is 0 Å². The number of anilines is 1. The molecule has 1 aromatic carbocycles. The van der Waals surface area contributed by atoms with Crippen LogP contribution in [-0.2, 0) is 9.59 Å². The minimum atomic E-state index is -0.293. The molecule has 0 saturated heterocycles. The predicted octanol–water partition coefficient (Wildman–Crippen LogP) is 2.65. The summed E-state index contributed by atoms with van der Waals surface area (Å²) in [7, 11) is 0. The lowest BCUT2D eigenvalue weighted by atomic mass is 10.3. The largest absolute Gasteiger partial charge is 0.343 e. The van der Waals surface area contributed by atoms with E-state index >= 15 is 0 Å². The lowest BCUT2D eigenvalue weighted by molar-refractivity contribution is -0.134. The number of amides is 2. The number of carbonyl (C=O) groups is 2. The van der Waals surface area contributed by atoms with Gasteiger partial charge in [0.1, 0.15) is 6.42 Å². The first-order valence-corrected chi connectivity index (χ1v) is 6.69. The fourth-order valence-electron chi connectivity index (χ4n) is 1.58. The van der Waals surface area contributed by atoms with E-state index in [2.05, 4.69) is 21.2 Å². The Morgan fingerprint density at radius 2 is 1.83 bits per heavy atom. The maximum Gasteiger partial charge on any atom is 0.233 e. The Morgan fingerprint density at radius 3 is 2.39 bits per heavy atom. The highest BCUT2D eigenvalue weighted by molar-refractivity contribution is 9.10. The number of para-hydroxylation sites is 1. The average molecular weight is 313 g/mol. The van der Waals surface area contributed by atoms with Gasteiger partial charge >= 0.3 is 0 Å². The van der Waals surface area contributed by atoms with E-state index in [1.54, 1.807) is 11.0 Å². The summed E-state index contributed by atoms with van der Waals surface area (Å²) < 4.78 is 0.800. The van der Waals surface area contributed by atoms with Crippen LogP contribution in [0.2, 0.25) is 0 Å². The standard InChI is InChI=1S/C13H17BrN2O2/c1-3-16(4-2)13(18)9-12(17)15-11-8-6-5-7-10(11)14/h5-8H,3-4,9H2,1-2H3,(H,15,17). The molecular formula is C13H17BrN2O2. The van der Waals surface area contributed by atoms with E-state index in [9.17, 15) is 9.59 Å². The zero-order valence-corrected chi connectivity index (χ0v) is 12.2. The molecule has 0 radical (unpaired) electrons. The molecule has 1 rings (SSSR count). The molecule has 1 aromatic rings.